The molecule has 1 heterocycles. The normalized spacial score (nSPS) is 10.7. The van der Waals surface area contributed by atoms with Crippen LogP contribution >= 0.6 is 11.6 Å². The molecule has 0 aliphatic carbocycles. The van der Waals surface area contributed by atoms with Crippen molar-refractivity contribution in [3.63, 3.8) is 0 Å². The molecule has 0 atom stereocenters. The summed E-state index contributed by atoms with van der Waals surface area (Å²) in [6.07, 6.45) is 2.38. The highest BCUT2D eigenvalue weighted by atomic mass is 35.5. The van der Waals surface area contributed by atoms with E-state index >= 15 is 0 Å². The van der Waals surface area contributed by atoms with E-state index < -0.39 is 0 Å². The average Bonchev–Trinajstić information content (AvgIpc) is 2.71. The van der Waals surface area contributed by atoms with Gasteiger partial charge in [-0.3, -0.25) is 0 Å². The number of halogens is 1. The van der Waals surface area contributed by atoms with Crippen molar-refractivity contribution in [3.05, 3.63) is 40.9 Å². The van der Waals surface area contributed by atoms with E-state index in [2.05, 4.69) is 4.98 Å². The quantitative estimate of drug-likeness (QED) is 0.892. The molecule has 0 fully saturated rings. The van der Waals surface area contributed by atoms with Crippen LogP contribution in [0.1, 0.15) is 11.5 Å². The standard InChI is InChI=1S/C12H13ClN2O/c1-8-6-9(2-3-10(8)13)11-7-15-12(16-11)4-5-14/h2-3,6-7H,4-5,14H2,1H3. The molecule has 16 heavy (non-hydrogen) atoms. The molecule has 2 aromatic rings. The fourth-order valence-electron chi connectivity index (χ4n) is 1.48. The Hall–Kier alpha value is -1.32. The first kappa shape index (κ1) is 11.2. The van der Waals surface area contributed by atoms with Gasteiger partial charge in [-0.1, -0.05) is 11.6 Å². The smallest absolute Gasteiger partial charge is 0.196 e. The van der Waals surface area contributed by atoms with E-state index in [1.165, 1.54) is 0 Å². The van der Waals surface area contributed by atoms with Crippen molar-refractivity contribution < 1.29 is 4.42 Å². The fourth-order valence-corrected chi connectivity index (χ4v) is 1.60. The molecule has 0 saturated heterocycles. The van der Waals surface area contributed by atoms with Gasteiger partial charge in [-0.05, 0) is 30.7 Å². The molecule has 0 unspecified atom stereocenters. The van der Waals surface area contributed by atoms with Crippen LogP contribution < -0.4 is 5.73 Å². The highest BCUT2D eigenvalue weighted by Gasteiger charge is 2.06. The second kappa shape index (κ2) is 4.68. The number of nitrogens with zero attached hydrogens (tertiary/aromatic N) is 1. The van der Waals surface area contributed by atoms with Gasteiger partial charge >= 0.3 is 0 Å². The number of hydrogen-bond donors (Lipinski definition) is 1. The van der Waals surface area contributed by atoms with Crippen molar-refractivity contribution in [2.24, 2.45) is 5.73 Å². The predicted octanol–water partition coefficient (Wildman–Crippen LogP) is 2.80. The summed E-state index contributed by atoms with van der Waals surface area (Å²) in [6, 6.07) is 5.76. The van der Waals surface area contributed by atoms with Gasteiger partial charge in [-0.25, -0.2) is 4.98 Å². The van der Waals surface area contributed by atoms with Crippen LogP contribution in [0.25, 0.3) is 11.3 Å². The molecular weight excluding hydrogens is 224 g/mol. The van der Waals surface area contributed by atoms with E-state index in [-0.39, 0.29) is 0 Å². The molecule has 0 aliphatic rings. The molecule has 0 aliphatic heterocycles. The summed E-state index contributed by atoms with van der Waals surface area (Å²) in [5, 5.41) is 0.755. The van der Waals surface area contributed by atoms with Gasteiger partial charge in [-0.15, -0.1) is 0 Å². The lowest BCUT2D eigenvalue weighted by Gasteiger charge is -2.00. The molecule has 4 heteroatoms. The molecule has 3 nitrogen and oxygen atoms in total. The summed E-state index contributed by atoms with van der Waals surface area (Å²) in [6.45, 7) is 2.50. The van der Waals surface area contributed by atoms with Crippen LogP contribution in [-0.4, -0.2) is 11.5 Å². The molecule has 1 aromatic carbocycles. The maximum atomic E-state index is 5.96. The van der Waals surface area contributed by atoms with E-state index in [4.69, 9.17) is 21.8 Å². The van der Waals surface area contributed by atoms with Crippen LogP contribution in [0, 0.1) is 6.92 Å². The van der Waals surface area contributed by atoms with Crippen molar-refractivity contribution in [3.8, 4) is 11.3 Å². The number of nitrogens with two attached hydrogens (primary N) is 1. The lowest BCUT2D eigenvalue weighted by Crippen LogP contribution is -2.02. The zero-order valence-electron chi connectivity index (χ0n) is 9.03. The first-order valence-electron chi connectivity index (χ1n) is 5.12. The van der Waals surface area contributed by atoms with E-state index in [1.54, 1.807) is 6.20 Å². The molecule has 2 rings (SSSR count). The fraction of sp³-hybridized carbons (Fsp3) is 0.250. The van der Waals surface area contributed by atoms with Crippen molar-refractivity contribution in [2.75, 3.05) is 6.54 Å². The third-order valence-corrected chi connectivity index (χ3v) is 2.78. The Balaban J connectivity index is 2.31. The Labute approximate surface area is 99.2 Å². The van der Waals surface area contributed by atoms with Gasteiger partial charge in [0.25, 0.3) is 0 Å². The Bertz CT molecular complexity index is 494. The van der Waals surface area contributed by atoms with Crippen LogP contribution in [0.5, 0.6) is 0 Å². The van der Waals surface area contributed by atoms with Crippen molar-refractivity contribution in [1.29, 1.82) is 0 Å². The minimum Gasteiger partial charge on any atom is -0.441 e. The van der Waals surface area contributed by atoms with Crippen molar-refractivity contribution in [1.82, 2.24) is 4.98 Å². The highest BCUT2D eigenvalue weighted by Crippen LogP contribution is 2.25. The second-order valence-electron chi connectivity index (χ2n) is 3.62. The zero-order valence-corrected chi connectivity index (χ0v) is 9.79. The Morgan fingerprint density at radius 2 is 2.25 bits per heavy atom. The molecule has 0 saturated carbocycles. The molecule has 84 valence electrons. The number of hydrogen-bond acceptors (Lipinski definition) is 3. The van der Waals surface area contributed by atoms with Gasteiger partial charge in [0.15, 0.2) is 11.7 Å². The van der Waals surface area contributed by atoms with Gasteiger partial charge in [0.05, 0.1) is 6.20 Å². The number of rotatable bonds is 3. The summed E-state index contributed by atoms with van der Waals surface area (Å²) in [5.41, 5.74) is 7.44. The molecule has 2 N–H and O–H groups in total. The Morgan fingerprint density at radius 3 is 2.94 bits per heavy atom. The second-order valence-corrected chi connectivity index (χ2v) is 4.03. The van der Waals surface area contributed by atoms with E-state index in [1.807, 2.05) is 25.1 Å². The first-order valence-corrected chi connectivity index (χ1v) is 5.50. The third kappa shape index (κ3) is 2.26. The Morgan fingerprint density at radius 1 is 1.44 bits per heavy atom. The van der Waals surface area contributed by atoms with Crippen molar-refractivity contribution in [2.45, 2.75) is 13.3 Å². The van der Waals surface area contributed by atoms with Crippen LogP contribution in [0.4, 0.5) is 0 Å². The molecule has 0 spiro atoms. The maximum Gasteiger partial charge on any atom is 0.196 e. The number of aromatic nitrogens is 1. The average molecular weight is 237 g/mol. The highest BCUT2D eigenvalue weighted by molar-refractivity contribution is 6.31. The predicted molar refractivity (Wildman–Crippen MR) is 64.4 cm³/mol. The summed E-state index contributed by atoms with van der Waals surface area (Å²) < 4.78 is 5.57. The van der Waals surface area contributed by atoms with Gasteiger partial charge in [-0.2, -0.15) is 0 Å². The van der Waals surface area contributed by atoms with E-state index in [0.717, 1.165) is 21.9 Å². The topological polar surface area (TPSA) is 52.0 Å². The SMILES string of the molecule is Cc1cc(-c2cnc(CCN)o2)ccc1Cl. The number of oxazole rings is 1. The summed E-state index contributed by atoms with van der Waals surface area (Å²) in [4.78, 5) is 4.15. The summed E-state index contributed by atoms with van der Waals surface area (Å²) in [7, 11) is 0. The monoisotopic (exact) mass is 236 g/mol. The molecule has 1 aromatic heterocycles. The largest absolute Gasteiger partial charge is 0.441 e. The number of benzene rings is 1. The van der Waals surface area contributed by atoms with Crippen LogP contribution in [-0.2, 0) is 6.42 Å². The van der Waals surface area contributed by atoms with Gasteiger partial charge < -0.3 is 10.2 Å². The lowest BCUT2D eigenvalue weighted by atomic mass is 10.1. The van der Waals surface area contributed by atoms with Gasteiger partial charge in [0, 0.05) is 23.6 Å². The Kier molecular flexibility index (Phi) is 3.27. The van der Waals surface area contributed by atoms with Gasteiger partial charge in [0.2, 0.25) is 0 Å². The molecule has 0 radical (unpaired) electrons. The minimum atomic E-state index is 0.541. The maximum absolute atomic E-state index is 5.96. The molecule has 0 bridgehead atoms. The van der Waals surface area contributed by atoms with E-state index in [9.17, 15) is 0 Å². The van der Waals surface area contributed by atoms with Crippen molar-refractivity contribution >= 4 is 11.6 Å². The zero-order chi connectivity index (χ0) is 11.5. The lowest BCUT2D eigenvalue weighted by molar-refractivity contribution is 0.508. The van der Waals surface area contributed by atoms with Crippen LogP contribution in [0.2, 0.25) is 5.02 Å². The number of aryl methyl sites for hydroxylation is 1. The van der Waals surface area contributed by atoms with E-state index in [0.29, 0.717) is 18.9 Å². The van der Waals surface area contributed by atoms with Gasteiger partial charge in [0.1, 0.15) is 0 Å². The first-order chi connectivity index (χ1) is 7.70. The molecular formula is C12H13ClN2O. The molecule has 0 amide bonds. The summed E-state index contributed by atoms with van der Waals surface area (Å²) in [5.74, 6) is 1.42. The summed E-state index contributed by atoms with van der Waals surface area (Å²) >= 11 is 5.96. The van der Waals surface area contributed by atoms with Crippen LogP contribution in [0.15, 0.2) is 28.8 Å². The van der Waals surface area contributed by atoms with Crippen LogP contribution in [0.3, 0.4) is 0 Å². The third-order valence-electron chi connectivity index (χ3n) is 2.35. The minimum absolute atomic E-state index is 0.541.